The molecule has 1 aromatic carbocycles. The van der Waals surface area contributed by atoms with Gasteiger partial charge in [0.15, 0.2) is 5.69 Å². The summed E-state index contributed by atoms with van der Waals surface area (Å²) < 4.78 is 4.31. The summed E-state index contributed by atoms with van der Waals surface area (Å²) in [6.45, 7) is 0. The lowest BCUT2D eigenvalue weighted by Crippen LogP contribution is -1.86. The number of benzene rings is 1. The van der Waals surface area contributed by atoms with Gasteiger partial charge >= 0.3 is 0 Å². The third-order valence-electron chi connectivity index (χ3n) is 2.38. The van der Waals surface area contributed by atoms with Crippen molar-refractivity contribution in [3.63, 3.8) is 0 Å². The Kier molecular flexibility index (Phi) is 2.88. The van der Waals surface area contributed by atoms with E-state index in [1.165, 1.54) is 11.9 Å². The Labute approximate surface area is 111 Å². The van der Waals surface area contributed by atoms with Gasteiger partial charge in [0, 0.05) is 5.39 Å². The third-order valence-corrected chi connectivity index (χ3v) is 4.11. The lowest BCUT2D eigenvalue weighted by atomic mass is 10.2. The summed E-state index contributed by atoms with van der Waals surface area (Å²) >= 11 is 3.06. The number of hydrogen-bond donors (Lipinski definition) is 2. The second kappa shape index (κ2) is 4.68. The minimum absolute atomic E-state index is 0.413. The maximum Gasteiger partial charge on any atom is 0.170 e. The van der Waals surface area contributed by atoms with Crippen molar-refractivity contribution in [2.24, 2.45) is 0 Å². The first-order chi connectivity index (χ1) is 8.88. The predicted octanol–water partition coefficient (Wildman–Crippen LogP) is 3.01. The largest absolute Gasteiger partial charge is 0.323 e. The molecule has 0 radical (unpaired) electrons. The number of para-hydroxylation sites is 1. The van der Waals surface area contributed by atoms with Crippen LogP contribution in [0.25, 0.3) is 10.9 Å². The molecule has 2 heterocycles. The number of nitrogens with one attached hydrogen (secondary N) is 2. The molecule has 2 aromatic heterocycles. The van der Waals surface area contributed by atoms with E-state index in [0.29, 0.717) is 5.69 Å². The number of anilines is 1. The zero-order chi connectivity index (χ0) is 12.4. The van der Waals surface area contributed by atoms with Gasteiger partial charge < -0.3 is 4.72 Å². The standard InChI is InChI=1S/C11H7N5S2/c12-4-9-7-2-1-3-8(11(7)15-14-9)16-18-10-5-13-6-17-10/h1-3,5-6,16H,(H,14,15). The minimum Gasteiger partial charge on any atom is -0.323 e. The molecule has 0 bridgehead atoms. The molecule has 0 amide bonds. The van der Waals surface area contributed by atoms with Gasteiger partial charge in [-0.15, -0.1) is 11.3 Å². The first kappa shape index (κ1) is 11.1. The van der Waals surface area contributed by atoms with E-state index in [9.17, 15) is 0 Å². The van der Waals surface area contributed by atoms with E-state index in [1.54, 1.807) is 23.0 Å². The molecule has 0 saturated heterocycles. The van der Waals surface area contributed by atoms with Crippen LogP contribution in [0.5, 0.6) is 0 Å². The molecule has 3 aromatic rings. The highest BCUT2D eigenvalue weighted by molar-refractivity contribution is 8.02. The maximum absolute atomic E-state index is 8.93. The van der Waals surface area contributed by atoms with Crippen LogP contribution in [-0.2, 0) is 0 Å². The van der Waals surface area contributed by atoms with Crippen molar-refractivity contribution in [2.45, 2.75) is 4.21 Å². The monoisotopic (exact) mass is 273 g/mol. The normalized spacial score (nSPS) is 10.4. The van der Waals surface area contributed by atoms with E-state index in [4.69, 9.17) is 5.26 Å². The van der Waals surface area contributed by atoms with Gasteiger partial charge in [-0.2, -0.15) is 10.4 Å². The van der Waals surface area contributed by atoms with Crippen molar-refractivity contribution in [3.8, 4) is 6.07 Å². The lowest BCUT2D eigenvalue weighted by molar-refractivity contribution is 1.10. The fourth-order valence-corrected chi connectivity index (χ4v) is 2.86. The Morgan fingerprint density at radius 3 is 3.17 bits per heavy atom. The quantitative estimate of drug-likeness (QED) is 0.717. The molecule has 0 unspecified atom stereocenters. The number of H-pyrrole nitrogens is 1. The molecule has 88 valence electrons. The van der Waals surface area contributed by atoms with E-state index in [1.807, 2.05) is 18.2 Å². The summed E-state index contributed by atoms with van der Waals surface area (Å²) in [5.74, 6) is 0. The van der Waals surface area contributed by atoms with E-state index in [-0.39, 0.29) is 0 Å². The fourth-order valence-electron chi connectivity index (χ4n) is 1.57. The fraction of sp³-hybridized carbons (Fsp3) is 0. The van der Waals surface area contributed by atoms with Gasteiger partial charge in [0.1, 0.15) is 10.3 Å². The second-order valence-electron chi connectivity index (χ2n) is 3.44. The van der Waals surface area contributed by atoms with Crippen molar-refractivity contribution in [2.75, 3.05) is 4.72 Å². The van der Waals surface area contributed by atoms with Crippen LogP contribution in [0.2, 0.25) is 0 Å². The van der Waals surface area contributed by atoms with Crippen molar-refractivity contribution in [3.05, 3.63) is 35.6 Å². The number of hydrogen-bond acceptors (Lipinski definition) is 6. The first-order valence-electron chi connectivity index (χ1n) is 5.07. The SMILES string of the molecule is N#Cc1n[nH]c2c(NSc3cncs3)cccc12. The molecule has 5 nitrogen and oxygen atoms in total. The Morgan fingerprint density at radius 2 is 2.39 bits per heavy atom. The topological polar surface area (TPSA) is 77.4 Å². The van der Waals surface area contributed by atoms with E-state index in [2.05, 4.69) is 26.0 Å². The molecule has 2 N–H and O–H groups in total. The van der Waals surface area contributed by atoms with Gasteiger partial charge in [0.05, 0.1) is 22.9 Å². The highest BCUT2D eigenvalue weighted by atomic mass is 32.2. The number of nitrogens with zero attached hydrogens (tertiary/aromatic N) is 3. The summed E-state index contributed by atoms with van der Waals surface area (Å²) in [7, 11) is 0. The van der Waals surface area contributed by atoms with Crippen LogP contribution in [0.3, 0.4) is 0 Å². The average molecular weight is 273 g/mol. The van der Waals surface area contributed by atoms with Crippen LogP contribution >= 0.6 is 23.3 Å². The number of nitriles is 1. The molecule has 3 rings (SSSR count). The third kappa shape index (κ3) is 1.92. The molecular weight excluding hydrogens is 266 g/mol. The summed E-state index contributed by atoms with van der Waals surface area (Å²) in [4.78, 5) is 4.01. The summed E-state index contributed by atoms with van der Waals surface area (Å²) in [6, 6.07) is 7.77. The van der Waals surface area contributed by atoms with Gasteiger partial charge in [-0.3, -0.25) is 10.1 Å². The van der Waals surface area contributed by atoms with E-state index in [0.717, 1.165) is 20.8 Å². The van der Waals surface area contributed by atoms with Gasteiger partial charge in [0.25, 0.3) is 0 Å². The molecule has 0 saturated carbocycles. The van der Waals surface area contributed by atoms with E-state index >= 15 is 0 Å². The number of thiazole rings is 1. The first-order valence-corrected chi connectivity index (χ1v) is 6.76. The zero-order valence-electron chi connectivity index (χ0n) is 9.04. The Balaban J connectivity index is 1.93. The smallest absolute Gasteiger partial charge is 0.170 e. The highest BCUT2D eigenvalue weighted by Gasteiger charge is 2.08. The number of rotatable bonds is 3. The molecule has 18 heavy (non-hydrogen) atoms. The zero-order valence-corrected chi connectivity index (χ0v) is 10.7. The van der Waals surface area contributed by atoms with Gasteiger partial charge in [0.2, 0.25) is 0 Å². The Hall–Kier alpha value is -2.04. The Bertz CT molecular complexity index is 711. The molecule has 0 aliphatic heterocycles. The molecule has 7 heteroatoms. The highest BCUT2D eigenvalue weighted by Crippen LogP contribution is 2.29. The van der Waals surface area contributed by atoms with Crippen LogP contribution in [0.15, 0.2) is 34.1 Å². The molecular formula is C11H7N5S2. The van der Waals surface area contributed by atoms with Crippen molar-refractivity contribution < 1.29 is 0 Å². The summed E-state index contributed by atoms with van der Waals surface area (Å²) in [6.07, 6.45) is 1.80. The second-order valence-corrected chi connectivity index (χ2v) is 5.43. The molecule has 0 atom stereocenters. The number of fused-ring (bicyclic) bond motifs is 1. The number of aromatic nitrogens is 3. The van der Waals surface area contributed by atoms with Crippen molar-refractivity contribution in [1.29, 1.82) is 5.26 Å². The molecule has 0 aliphatic carbocycles. The van der Waals surface area contributed by atoms with Gasteiger partial charge in [-0.25, -0.2) is 0 Å². The molecule has 0 fully saturated rings. The van der Waals surface area contributed by atoms with E-state index < -0.39 is 0 Å². The molecule has 0 spiro atoms. The predicted molar refractivity (Wildman–Crippen MR) is 72.4 cm³/mol. The van der Waals surface area contributed by atoms with Crippen LogP contribution in [0.1, 0.15) is 5.69 Å². The maximum atomic E-state index is 8.93. The van der Waals surface area contributed by atoms with Crippen LogP contribution in [-0.4, -0.2) is 15.2 Å². The lowest BCUT2D eigenvalue weighted by Gasteiger charge is -2.03. The summed E-state index contributed by atoms with van der Waals surface area (Å²) in [5.41, 5.74) is 3.94. The van der Waals surface area contributed by atoms with Crippen molar-refractivity contribution >= 4 is 39.9 Å². The van der Waals surface area contributed by atoms with Crippen molar-refractivity contribution in [1.82, 2.24) is 15.2 Å². The van der Waals surface area contributed by atoms with Crippen LogP contribution < -0.4 is 4.72 Å². The average Bonchev–Trinajstić information content (AvgIpc) is 3.05. The minimum atomic E-state index is 0.413. The molecule has 0 aliphatic rings. The van der Waals surface area contributed by atoms with Crippen LogP contribution in [0.4, 0.5) is 5.69 Å². The number of aromatic amines is 1. The van der Waals surface area contributed by atoms with Gasteiger partial charge in [-0.05, 0) is 24.1 Å². The summed E-state index contributed by atoms with van der Waals surface area (Å²) in [5, 5.41) is 16.6. The van der Waals surface area contributed by atoms with Crippen LogP contribution in [0, 0.1) is 11.3 Å². The Morgan fingerprint density at radius 1 is 1.44 bits per heavy atom. The van der Waals surface area contributed by atoms with Gasteiger partial charge in [-0.1, -0.05) is 6.07 Å².